The van der Waals surface area contributed by atoms with E-state index in [2.05, 4.69) is 80.6 Å². The average Bonchev–Trinajstić information content (AvgIpc) is 2.88. The summed E-state index contributed by atoms with van der Waals surface area (Å²) in [6.07, 6.45) is 7.10. The van der Waals surface area contributed by atoms with E-state index in [1.165, 1.54) is 58.2 Å². The molecule has 0 heteroatoms. The second kappa shape index (κ2) is 8.13. The predicted octanol–water partition coefficient (Wildman–Crippen LogP) is 7.14. The summed E-state index contributed by atoms with van der Waals surface area (Å²) >= 11 is 0. The van der Waals surface area contributed by atoms with Crippen LogP contribution in [0.25, 0.3) is 11.1 Å². The number of aryl methyl sites for hydroxylation is 2. The van der Waals surface area contributed by atoms with Gasteiger partial charge in [-0.25, -0.2) is 0 Å². The Morgan fingerprint density at radius 1 is 0.741 bits per heavy atom. The lowest BCUT2D eigenvalue weighted by molar-refractivity contribution is 0.686. The van der Waals surface area contributed by atoms with Gasteiger partial charge in [0, 0.05) is 0 Å². The van der Waals surface area contributed by atoms with Crippen LogP contribution in [0, 0.1) is 0 Å². The van der Waals surface area contributed by atoms with E-state index in [0.717, 1.165) is 19.3 Å². The molecule has 1 aliphatic carbocycles. The molecule has 1 aliphatic rings. The van der Waals surface area contributed by atoms with Crippen molar-refractivity contribution in [3.8, 4) is 11.1 Å². The standard InChI is InChI=1S/C27H30/c1-3-5-9-21-14-15-27-25(17-21)19-24(18-23-11-6-7-13-26(23)27)22-12-8-10-20(4-2)16-22/h6-8,10-17,24H,3-5,9,18-19H2,1-2H3. The highest BCUT2D eigenvalue weighted by Gasteiger charge is 2.22. The highest BCUT2D eigenvalue weighted by Crippen LogP contribution is 2.38. The number of unbranched alkanes of at least 4 members (excludes halogenated alkanes) is 1. The fraction of sp³-hybridized carbons (Fsp3) is 0.333. The van der Waals surface area contributed by atoms with Gasteiger partial charge in [-0.05, 0) is 77.0 Å². The lowest BCUT2D eigenvalue weighted by atomic mass is 9.87. The Balaban J connectivity index is 1.78. The van der Waals surface area contributed by atoms with Gasteiger partial charge in [0.25, 0.3) is 0 Å². The van der Waals surface area contributed by atoms with Crippen LogP contribution in [0.3, 0.4) is 0 Å². The first-order valence-corrected chi connectivity index (χ1v) is 10.6. The third kappa shape index (κ3) is 3.86. The van der Waals surface area contributed by atoms with Gasteiger partial charge in [-0.1, -0.05) is 87.0 Å². The van der Waals surface area contributed by atoms with Gasteiger partial charge in [-0.2, -0.15) is 0 Å². The van der Waals surface area contributed by atoms with Crippen LogP contribution in [0.5, 0.6) is 0 Å². The van der Waals surface area contributed by atoms with Crippen LogP contribution in [0.1, 0.15) is 60.4 Å². The van der Waals surface area contributed by atoms with Crippen molar-refractivity contribution in [3.63, 3.8) is 0 Å². The van der Waals surface area contributed by atoms with Crippen molar-refractivity contribution in [1.29, 1.82) is 0 Å². The molecule has 0 heterocycles. The first-order chi connectivity index (χ1) is 13.3. The molecule has 0 fully saturated rings. The van der Waals surface area contributed by atoms with Crippen LogP contribution in [0.4, 0.5) is 0 Å². The SMILES string of the molecule is CCCCc1ccc2c(c1)CC(c1cccc(CC)c1)Cc1ccccc1-2. The van der Waals surface area contributed by atoms with Crippen LogP contribution >= 0.6 is 0 Å². The molecule has 0 amide bonds. The molecule has 0 nitrogen and oxygen atoms in total. The zero-order valence-electron chi connectivity index (χ0n) is 16.7. The molecule has 3 aromatic rings. The first kappa shape index (κ1) is 18.0. The molecule has 0 aromatic heterocycles. The van der Waals surface area contributed by atoms with Gasteiger partial charge in [0.15, 0.2) is 0 Å². The van der Waals surface area contributed by atoms with Crippen molar-refractivity contribution in [2.24, 2.45) is 0 Å². The smallest absolute Gasteiger partial charge is 0.00805 e. The zero-order valence-corrected chi connectivity index (χ0v) is 16.7. The van der Waals surface area contributed by atoms with Gasteiger partial charge in [0.05, 0.1) is 0 Å². The Labute approximate surface area is 164 Å². The average molecular weight is 355 g/mol. The number of hydrogen-bond acceptors (Lipinski definition) is 0. The Kier molecular flexibility index (Phi) is 5.43. The molecule has 0 saturated heterocycles. The molecule has 0 radical (unpaired) electrons. The summed E-state index contributed by atoms with van der Waals surface area (Å²) in [7, 11) is 0. The molecule has 0 spiro atoms. The highest BCUT2D eigenvalue weighted by atomic mass is 14.3. The van der Waals surface area contributed by atoms with Crippen LogP contribution in [-0.4, -0.2) is 0 Å². The van der Waals surface area contributed by atoms with E-state index in [1.807, 2.05) is 0 Å². The summed E-state index contributed by atoms with van der Waals surface area (Å²) in [5.74, 6) is 0.556. The lowest BCUT2D eigenvalue weighted by Gasteiger charge is -2.17. The zero-order chi connectivity index (χ0) is 18.6. The molecule has 1 unspecified atom stereocenters. The van der Waals surface area contributed by atoms with Crippen LogP contribution in [0.2, 0.25) is 0 Å². The third-order valence-corrected chi connectivity index (χ3v) is 6.06. The number of rotatable bonds is 5. The number of benzene rings is 3. The Hall–Kier alpha value is -2.34. The number of hydrogen-bond donors (Lipinski definition) is 0. The van der Waals surface area contributed by atoms with Gasteiger partial charge in [-0.3, -0.25) is 0 Å². The molecule has 1 atom stereocenters. The van der Waals surface area contributed by atoms with Gasteiger partial charge >= 0.3 is 0 Å². The van der Waals surface area contributed by atoms with Crippen molar-refractivity contribution in [3.05, 3.63) is 94.5 Å². The summed E-state index contributed by atoms with van der Waals surface area (Å²) in [6.45, 7) is 4.52. The van der Waals surface area contributed by atoms with Crippen molar-refractivity contribution < 1.29 is 0 Å². The maximum absolute atomic E-state index is 2.49. The molecule has 0 aliphatic heterocycles. The van der Waals surface area contributed by atoms with Gasteiger partial charge < -0.3 is 0 Å². The van der Waals surface area contributed by atoms with Crippen molar-refractivity contribution in [2.75, 3.05) is 0 Å². The molecule has 138 valence electrons. The molecule has 0 saturated carbocycles. The van der Waals surface area contributed by atoms with E-state index in [9.17, 15) is 0 Å². The predicted molar refractivity (Wildman–Crippen MR) is 116 cm³/mol. The quantitative estimate of drug-likeness (QED) is 0.457. The monoisotopic (exact) mass is 354 g/mol. The topological polar surface area (TPSA) is 0 Å². The Morgan fingerprint density at radius 3 is 2.41 bits per heavy atom. The first-order valence-electron chi connectivity index (χ1n) is 10.6. The van der Waals surface area contributed by atoms with Crippen LogP contribution < -0.4 is 0 Å². The van der Waals surface area contributed by atoms with Gasteiger partial charge in [-0.15, -0.1) is 0 Å². The van der Waals surface area contributed by atoms with E-state index in [0.29, 0.717) is 5.92 Å². The maximum Gasteiger partial charge on any atom is -0.00805 e. The number of fused-ring (bicyclic) bond motifs is 3. The molecular formula is C27H30. The fourth-order valence-corrected chi connectivity index (χ4v) is 4.48. The molecule has 0 bridgehead atoms. The van der Waals surface area contributed by atoms with E-state index < -0.39 is 0 Å². The Bertz CT molecular complexity index is 919. The van der Waals surface area contributed by atoms with E-state index in [4.69, 9.17) is 0 Å². The van der Waals surface area contributed by atoms with Crippen LogP contribution in [0.15, 0.2) is 66.7 Å². The maximum atomic E-state index is 2.49. The minimum Gasteiger partial charge on any atom is -0.0654 e. The van der Waals surface area contributed by atoms with Crippen molar-refractivity contribution >= 4 is 0 Å². The third-order valence-electron chi connectivity index (χ3n) is 6.06. The van der Waals surface area contributed by atoms with E-state index >= 15 is 0 Å². The van der Waals surface area contributed by atoms with Gasteiger partial charge in [0.1, 0.15) is 0 Å². The minimum atomic E-state index is 0.556. The fourth-order valence-electron chi connectivity index (χ4n) is 4.48. The Morgan fingerprint density at radius 2 is 1.56 bits per heavy atom. The summed E-state index contributed by atoms with van der Waals surface area (Å²) in [5, 5.41) is 0. The summed E-state index contributed by atoms with van der Waals surface area (Å²) < 4.78 is 0. The molecule has 3 aromatic carbocycles. The second-order valence-electron chi connectivity index (χ2n) is 7.96. The molecule has 0 N–H and O–H groups in total. The van der Waals surface area contributed by atoms with Gasteiger partial charge in [0.2, 0.25) is 0 Å². The summed E-state index contributed by atoms with van der Waals surface area (Å²) in [5.41, 5.74) is 10.3. The second-order valence-corrected chi connectivity index (χ2v) is 7.96. The van der Waals surface area contributed by atoms with Crippen molar-refractivity contribution in [1.82, 2.24) is 0 Å². The van der Waals surface area contributed by atoms with E-state index in [1.54, 1.807) is 0 Å². The van der Waals surface area contributed by atoms with Crippen LogP contribution in [-0.2, 0) is 25.7 Å². The molecular weight excluding hydrogens is 324 g/mol. The molecule has 4 rings (SSSR count). The largest absolute Gasteiger partial charge is 0.0654 e. The highest BCUT2D eigenvalue weighted by molar-refractivity contribution is 5.72. The van der Waals surface area contributed by atoms with Crippen molar-refractivity contribution in [2.45, 2.75) is 58.3 Å². The normalized spacial score (nSPS) is 15.7. The van der Waals surface area contributed by atoms with E-state index in [-0.39, 0.29) is 0 Å². The molecule has 27 heavy (non-hydrogen) atoms. The summed E-state index contributed by atoms with van der Waals surface area (Å²) in [4.78, 5) is 0. The minimum absolute atomic E-state index is 0.556. The summed E-state index contributed by atoms with van der Waals surface area (Å²) in [6, 6.07) is 25.5. The lowest BCUT2D eigenvalue weighted by Crippen LogP contribution is -2.06.